The lowest BCUT2D eigenvalue weighted by Gasteiger charge is -2.36. The Hall–Kier alpha value is -0.330. The first-order chi connectivity index (χ1) is 10.2. The molecule has 0 unspecified atom stereocenters. The largest absolute Gasteiger partial charge is 0.299 e. The molecule has 0 aromatic carbocycles. The van der Waals surface area contributed by atoms with Crippen LogP contribution in [0.2, 0.25) is 0 Å². The molecule has 0 aromatic rings. The molecule has 0 aliphatic heterocycles. The SMILES string of the molecule is CC1(CC(=O)C2CCC(C3CCCCC3)CC2)CCCC1. The van der Waals surface area contributed by atoms with E-state index in [2.05, 4.69) is 6.92 Å². The van der Waals surface area contributed by atoms with Crippen molar-refractivity contribution in [2.75, 3.05) is 0 Å². The van der Waals surface area contributed by atoms with Crippen molar-refractivity contribution < 1.29 is 4.79 Å². The predicted molar refractivity (Wildman–Crippen MR) is 88.2 cm³/mol. The molecule has 3 fully saturated rings. The van der Waals surface area contributed by atoms with Gasteiger partial charge < -0.3 is 0 Å². The Morgan fingerprint density at radius 3 is 2.00 bits per heavy atom. The highest BCUT2D eigenvalue weighted by Crippen LogP contribution is 2.44. The molecule has 120 valence electrons. The van der Waals surface area contributed by atoms with Gasteiger partial charge in [0.2, 0.25) is 0 Å². The average Bonchev–Trinajstić information content (AvgIpc) is 2.94. The van der Waals surface area contributed by atoms with E-state index < -0.39 is 0 Å². The first-order valence-corrected chi connectivity index (χ1v) is 9.69. The van der Waals surface area contributed by atoms with Crippen molar-refractivity contribution in [1.29, 1.82) is 0 Å². The van der Waals surface area contributed by atoms with E-state index in [9.17, 15) is 4.79 Å². The quantitative estimate of drug-likeness (QED) is 0.628. The second kappa shape index (κ2) is 6.84. The van der Waals surface area contributed by atoms with Crippen LogP contribution in [0.1, 0.15) is 96.8 Å². The molecule has 0 radical (unpaired) electrons. The number of rotatable bonds is 4. The molecule has 3 saturated carbocycles. The van der Waals surface area contributed by atoms with Gasteiger partial charge in [-0.2, -0.15) is 0 Å². The van der Waals surface area contributed by atoms with Crippen molar-refractivity contribution in [3.8, 4) is 0 Å². The maximum Gasteiger partial charge on any atom is 0.136 e. The fourth-order valence-corrected chi connectivity index (χ4v) is 5.49. The van der Waals surface area contributed by atoms with Crippen molar-refractivity contribution in [2.24, 2.45) is 23.2 Å². The molecule has 3 rings (SSSR count). The fourth-order valence-electron chi connectivity index (χ4n) is 5.49. The van der Waals surface area contributed by atoms with Crippen molar-refractivity contribution in [3.63, 3.8) is 0 Å². The van der Waals surface area contributed by atoms with Gasteiger partial charge >= 0.3 is 0 Å². The van der Waals surface area contributed by atoms with E-state index in [0.717, 1.165) is 18.3 Å². The predicted octanol–water partition coefficient (Wildman–Crippen LogP) is 5.91. The van der Waals surface area contributed by atoms with Gasteiger partial charge in [-0.25, -0.2) is 0 Å². The number of carbonyl (C=O) groups excluding carboxylic acids is 1. The molecule has 0 aromatic heterocycles. The van der Waals surface area contributed by atoms with Crippen molar-refractivity contribution in [2.45, 2.75) is 96.8 Å². The highest BCUT2D eigenvalue weighted by atomic mass is 16.1. The Labute approximate surface area is 131 Å². The van der Waals surface area contributed by atoms with Crippen molar-refractivity contribution in [3.05, 3.63) is 0 Å². The zero-order valence-electron chi connectivity index (χ0n) is 14.0. The number of hydrogen-bond acceptors (Lipinski definition) is 1. The maximum absolute atomic E-state index is 12.6. The van der Waals surface area contributed by atoms with Gasteiger partial charge in [0.25, 0.3) is 0 Å². The minimum absolute atomic E-state index is 0.358. The molecule has 0 atom stereocenters. The number of carbonyl (C=O) groups is 1. The van der Waals surface area contributed by atoms with Crippen LogP contribution in [0, 0.1) is 23.2 Å². The molecule has 0 amide bonds. The van der Waals surface area contributed by atoms with Gasteiger partial charge in [-0.15, -0.1) is 0 Å². The highest BCUT2D eigenvalue weighted by molar-refractivity contribution is 5.81. The Morgan fingerprint density at radius 2 is 1.38 bits per heavy atom. The first-order valence-electron chi connectivity index (χ1n) is 9.69. The van der Waals surface area contributed by atoms with Gasteiger partial charge in [-0.1, -0.05) is 51.9 Å². The van der Waals surface area contributed by atoms with E-state index in [1.165, 1.54) is 83.5 Å². The van der Waals surface area contributed by atoms with E-state index in [0.29, 0.717) is 17.1 Å². The van der Waals surface area contributed by atoms with Gasteiger partial charge in [0, 0.05) is 12.3 Å². The second-order valence-corrected chi connectivity index (χ2v) is 8.67. The van der Waals surface area contributed by atoms with E-state index in [1.54, 1.807) is 0 Å². The van der Waals surface area contributed by atoms with Gasteiger partial charge in [-0.3, -0.25) is 4.79 Å². The molecule has 1 nitrogen and oxygen atoms in total. The molecule has 0 N–H and O–H groups in total. The summed E-state index contributed by atoms with van der Waals surface area (Å²) in [4.78, 5) is 12.6. The molecular weight excluding hydrogens is 256 g/mol. The third-order valence-corrected chi connectivity index (χ3v) is 6.96. The molecule has 3 aliphatic rings. The summed E-state index contributed by atoms with van der Waals surface area (Å²) >= 11 is 0. The summed E-state index contributed by atoms with van der Waals surface area (Å²) in [5.74, 6) is 2.99. The van der Waals surface area contributed by atoms with Crippen LogP contribution in [0.4, 0.5) is 0 Å². The molecule has 0 bridgehead atoms. The highest BCUT2D eigenvalue weighted by Gasteiger charge is 2.36. The Bertz CT molecular complexity index is 339. The summed E-state index contributed by atoms with van der Waals surface area (Å²) in [6.07, 6.45) is 18.6. The lowest BCUT2D eigenvalue weighted by atomic mass is 9.69. The summed E-state index contributed by atoms with van der Waals surface area (Å²) in [6.45, 7) is 2.35. The van der Waals surface area contributed by atoms with Gasteiger partial charge in [-0.05, 0) is 55.8 Å². The van der Waals surface area contributed by atoms with Crippen LogP contribution < -0.4 is 0 Å². The van der Waals surface area contributed by atoms with Crippen LogP contribution in [0.3, 0.4) is 0 Å². The average molecular weight is 290 g/mol. The van der Waals surface area contributed by atoms with Crippen LogP contribution in [0.15, 0.2) is 0 Å². The van der Waals surface area contributed by atoms with Crippen molar-refractivity contribution in [1.82, 2.24) is 0 Å². The molecule has 0 spiro atoms. The summed E-state index contributed by atoms with van der Waals surface area (Å²) in [5.41, 5.74) is 0.358. The minimum atomic E-state index is 0.358. The fraction of sp³-hybridized carbons (Fsp3) is 0.950. The lowest BCUT2D eigenvalue weighted by Crippen LogP contribution is -2.29. The van der Waals surface area contributed by atoms with Crippen LogP contribution in [0.5, 0.6) is 0 Å². The second-order valence-electron chi connectivity index (χ2n) is 8.67. The number of Topliss-reactive ketones (excluding diaryl/α,β-unsaturated/α-hetero) is 1. The van der Waals surface area contributed by atoms with Gasteiger partial charge in [0.15, 0.2) is 0 Å². The monoisotopic (exact) mass is 290 g/mol. The van der Waals surface area contributed by atoms with Crippen LogP contribution in [-0.4, -0.2) is 5.78 Å². The third-order valence-electron chi connectivity index (χ3n) is 6.96. The number of ketones is 1. The van der Waals surface area contributed by atoms with E-state index >= 15 is 0 Å². The summed E-state index contributed by atoms with van der Waals surface area (Å²) in [6, 6.07) is 0. The topological polar surface area (TPSA) is 17.1 Å². The Kier molecular flexibility index (Phi) is 5.07. The molecule has 1 heteroatoms. The van der Waals surface area contributed by atoms with E-state index in [-0.39, 0.29) is 0 Å². The van der Waals surface area contributed by atoms with E-state index in [4.69, 9.17) is 0 Å². The summed E-state index contributed by atoms with van der Waals surface area (Å²) < 4.78 is 0. The Balaban J connectivity index is 1.45. The van der Waals surface area contributed by atoms with Crippen LogP contribution in [-0.2, 0) is 4.79 Å². The summed E-state index contributed by atoms with van der Waals surface area (Å²) in [5, 5.41) is 0. The first kappa shape index (κ1) is 15.6. The lowest BCUT2D eigenvalue weighted by molar-refractivity contribution is -0.126. The van der Waals surface area contributed by atoms with Crippen LogP contribution in [0.25, 0.3) is 0 Å². The van der Waals surface area contributed by atoms with Gasteiger partial charge in [0.1, 0.15) is 5.78 Å². The number of hydrogen-bond donors (Lipinski definition) is 0. The van der Waals surface area contributed by atoms with Gasteiger partial charge in [0.05, 0.1) is 0 Å². The zero-order valence-corrected chi connectivity index (χ0v) is 14.0. The smallest absolute Gasteiger partial charge is 0.136 e. The summed E-state index contributed by atoms with van der Waals surface area (Å²) in [7, 11) is 0. The third kappa shape index (κ3) is 3.90. The Morgan fingerprint density at radius 1 is 0.810 bits per heavy atom. The standard InChI is InChI=1S/C20H34O/c1-20(13-5-6-14-20)15-19(21)18-11-9-17(10-12-18)16-7-3-2-4-8-16/h16-18H,2-15H2,1H3. The minimum Gasteiger partial charge on any atom is -0.299 e. The molecule has 21 heavy (non-hydrogen) atoms. The van der Waals surface area contributed by atoms with Crippen LogP contribution >= 0.6 is 0 Å². The molecular formula is C20H34O. The van der Waals surface area contributed by atoms with Crippen molar-refractivity contribution >= 4 is 5.78 Å². The molecule has 0 heterocycles. The molecule has 0 saturated heterocycles. The normalized spacial score (nSPS) is 34.0. The molecule has 3 aliphatic carbocycles. The van der Waals surface area contributed by atoms with E-state index in [1.807, 2.05) is 0 Å². The zero-order chi connectivity index (χ0) is 14.7. The maximum atomic E-state index is 12.6.